The Labute approximate surface area is 148 Å². The summed E-state index contributed by atoms with van der Waals surface area (Å²) >= 11 is 0. The lowest BCUT2D eigenvalue weighted by molar-refractivity contribution is -0.137. The van der Waals surface area contributed by atoms with E-state index in [1.807, 2.05) is 0 Å². The van der Waals surface area contributed by atoms with Crippen LogP contribution in [0, 0.1) is 6.92 Å². The molecule has 10 heteroatoms. The van der Waals surface area contributed by atoms with E-state index in [-0.39, 0.29) is 18.6 Å². The molecule has 2 rings (SSSR count). The standard InChI is InChI=1S/C16H17F3N2O4S/c1-11-8-13(25-2)10-15(22)21(11)7-6-20-26(23,24)14-5-3-4-12(9-14)16(17,18)19/h3-5,8-10,20H,6-7H2,1-2H3. The highest BCUT2D eigenvalue weighted by atomic mass is 32.2. The molecular formula is C16H17F3N2O4S. The molecule has 0 aliphatic heterocycles. The molecule has 0 bridgehead atoms. The van der Waals surface area contributed by atoms with Crippen LogP contribution in [0.3, 0.4) is 0 Å². The highest BCUT2D eigenvalue weighted by Gasteiger charge is 2.31. The second-order valence-corrected chi connectivity index (χ2v) is 7.22. The summed E-state index contributed by atoms with van der Waals surface area (Å²) in [4.78, 5) is 11.5. The summed E-state index contributed by atoms with van der Waals surface area (Å²) in [5.41, 5.74) is -0.865. The summed E-state index contributed by atoms with van der Waals surface area (Å²) in [5, 5.41) is 0. The Morgan fingerprint density at radius 3 is 2.46 bits per heavy atom. The molecule has 1 aromatic heterocycles. The van der Waals surface area contributed by atoms with Crippen LogP contribution >= 0.6 is 0 Å². The number of sulfonamides is 1. The minimum Gasteiger partial charge on any atom is -0.496 e. The lowest BCUT2D eigenvalue weighted by Crippen LogP contribution is -2.31. The normalized spacial score (nSPS) is 12.2. The summed E-state index contributed by atoms with van der Waals surface area (Å²) in [5.74, 6) is 0.383. The van der Waals surface area contributed by atoms with Crippen LogP contribution in [0.15, 0.2) is 46.1 Å². The Bertz CT molecular complexity index is 953. The monoisotopic (exact) mass is 390 g/mol. The van der Waals surface area contributed by atoms with Crippen LogP contribution in [0.2, 0.25) is 0 Å². The van der Waals surface area contributed by atoms with Gasteiger partial charge in [0.25, 0.3) is 5.56 Å². The first kappa shape index (κ1) is 20.0. The molecule has 142 valence electrons. The Kier molecular flexibility index (Phi) is 5.77. The van der Waals surface area contributed by atoms with Crippen molar-refractivity contribution < 1.29 is 26.3 Å². The largest absolute Gasteiger partial charge is 0.496 e. The van der Waals surface area contributed by atoms with Gasteiger partial charge in [0, 0.05) is 24.8 Å². The van der Waals surface area contributed by atoms with Crippen LogP contribution in [0.5, 0.6) is 5.75 Å². The van der Waals surface area contributed by atoms with E-state index in [0.717, 1.165) is 18.2 Å². The summed E-state index contributed by atoms with van der Waals surface area (Å²) < 4.78 is 71.0. The number of nitrogens with zero attached hydrogens (tertiary/aromatic N) is 1. The van der Waals surface area contributed by atoms with Crippen LogP contribution in [0.25, 0.3) is 0 Å². The van der Waals surface area contributed by atoms with E-state index in [2.05, 4.69) is 4.72 Å². The van der Waals surface area contributed by atoms with Crippen LogP contribution in [-0.2, 0) is 22.7 Å². The van der Waals surface area contributed by atoms with Gasteiger partial charge < -0.3 is 9.30 Å². The van der Waals surface area contributed by atoms with Gasteiger partial charge in [0.15, 0.2) is 0 Å². The third-order valence-electron chi connectivity index (χ3n) is 3.64. The molecule has 26 heavy (non-hydrogen) atoms. The molecule has 0 aliphatic carbocycles. The van der Waals surface area contributed by atoms with Crippen molar-refractivity contribution >= 4 is 10.0 Å². The van der Waals surface area contributed by atoms with Gasteiger partial charge in [0.05, 0.1) is 17.6 Å². The van der Waals surface area contributed by atoms with E-state index in [4.69, 9.17) is 4.74 Å². The maximum atomic E-state index is 12.7. The van der Waals surface area contributed by atoms with Crippen molar-refractivity contribution in [3.63, 3.8) is 0 Å². The number of methoxy groups -OCH3 is 1. The van der Waals surface area contributed by atoms with Crippen molar-refractivity contribution in [1.82, 2.24) is 9.29 Å². The van der Waals surface area contributed by atoms with Crippen molar-refractivity contribution in [2.24, 2.45) is 0 Å². The molecule has 0 saturated carbocycles. The predicted molar refractivity (Wildman–Crippen MR) is 88.6 cm³/mol. The van der Waals surface area contributed by atoms with Crippen molar-refractivity contribution in [1.29, 1.82) is 0 Å². The second kappa shape index (κ2) is 7.50. The van der Waals surface area contributed by atoms with Gasteiger partial charge in [-0.2, -0.15) is 13.2 Å². The highest BCUT2D eigenvalue weighted by molar-refractivity contribution is 7.89. The van der Waals surface area contributed by atoms with E-state index in [1.165, 1.54) is 17.7 Å². The number of hydrogen-bond donors (Lipinski definition) is 1. The van der Waals surface area contributed by atoms with E-state index in [1.54, 1.807) is 13.0 Å². The molecule has 6 nitrogen and oxygen atoms in total. The minimum absolute atomic E-state index is 0.0207. The molecule has 1 aromatic carbocycles. The molecule has 1 N–H and O–H groups in total. The van der Waals surface area contributed by atoms with Gasteiger partial charge in [-0.1, -0.05) is 6.07 Å². The molecule has 0 unspecified atom stereocenters. The molecule has 0 saturated heterocycles. The van der Waals surface area contributed by atoms with Crippen molar-refractivity contribution in [3.05, 3.63) is 58.0 Å². The summed E-state index contributed by atoms with van der Waals surface area (Å²) in [6.07, 6.45) is -4.64. The topological polar surface area (TPSA) is 77.4 Å². The summed E-state index contributed by atoms with van der Waals surface area (Å²) in [7, 11) is -2.72. The number of nitrogens with one attached hydrogen (secondary N) is 1. The summed E-state index contributed by atoms with van der Waals surface area (Å²) in [6.45, 7) is 1.52. The Morgan fingerprint density at radius 1 is 1.19 bits per heavy atom. The molecular weight excluding hydrogens is 373 g/mol. The number of alkyl halides is 3. The number of aromatic nitrogens is 1. The van der Waals surface area contributed by atoms with Gasteiger partial charge >= 0.3 is 6.18 Å². The quantitative estimate of drug-likeness (QED) is 0.820. The maximum absolute atomic E-state index is 12.7. The SMILES string of the molecule is COc1cc(C)n(CCNS(=O)(=O)c2cccc(C(F)(F)F)c2)c(=O)c1. The van der Waals surface area contributed by atoms with Crippen LogP contribution in [0.4, 0.5) is 13.2 Å². The number of halogens is 3. The number of rotatable bonds is 6. The van der Waals surface area contributed by atoms with Gasteiger partial charge in [-0.05, 0) is 31.2 Å². The van der Waals surface area contributed by atoms with Crippen LogP contribution in [0.1, 0.15) is 11.3 Å². The number of benzene rings is 1. The average molecular weight is 390 g/mol. The molecule has 0 aliphatic rings. The minimum atomic E-state index is -4.64. The molecule has 0 radical (unpaired) electrons. The second-order valence-electron chi connectivity index (χ2n) is 5.45. The Balaban J connectivity index is 2.14. The number of ether oxygens (including phenoxy) is 1. The number of hydrogen-bond acceptors (Lipinski definition) is 4. The third kappa shape index (κ3) is 4.64. The van der Waals surface area contributed by atoms with E-state index < -0.39 is 26.7 Å². The van der Waals surface area contributed by atoms with Gasteiger partial charge in [0.1, 0.15) is 5.75 Å². The first-order valence-corrected chi connectivity index (χ1v) is 8.95. The summed E-state index contributed by atoms with van der Waals surface area (Å²) in [6, 6.07) is 6.32. The van der Waals surface area contributed by atoms with E-state index >= 15 is 0 Å². The van der Waals surface area contributed by atoms with Gasteiger partial charge in [-0.3, -0.25) is 4.79 Å². The van der Waals surface area contributed by atoms with Gasteiger partial charge in [0.2, 0.25) is 10.0 Å². The van der Waals surface area contributed by atoms with Crippen molar-refractivity contribution in [3.8, 4) is 5.75 Å². The first-order valence-electron chi connectivity index (χ1n) is 7.47. The first-order chi connectivity index (χ1) is 12.0. The zero-order valence-electron chi connectivity index (χ0n) is 14.0. The molecule has 2 aromatic rings. The Hall–Kier alpha value is -2.33. The molecule has 0 spiro atoms. The van der Waals surface area contributed by atoms with Crippen LogP contribution in [-0.4, -0.2) is 26.6 Å². The Morgan fingerprint density at radius 2 is 1.88 bits per heavy atom. The smallest absolute Gasteiger partial charge is 0.416 e. The fourth-order valence-corrected chi connectivity index (χ4v) is 3.38. The number of pyridine rings is 1. The third-order valence-corrected chi connectivity index (χ3v) is 5.10. The van der Waals surface area contributed by atoms with E-state index in [9.17, 15) is 26.4 Å². The highest BCUT2D eigenvalue weighted by Crippen LogP contribution is 2.30. The predicted octanol–water partition coefficient (Wildman–Crippen LogP) is 2.16. The zero-order chi connectivity index (χ0) is 19.5. The molecule has 1 heterocycles. The zero-order valence-corrected chi connectivity index (χ0v) is 14.8. The number of aryl methyl sites for hydroxylation is 1. The average Bonchev–Trinajstić information content (AvgIpc) is 2.56. The lowest BCUT2D eigenvalue weighted by Gasteiger charge is -2.13. The van der Waals surface area contributed by atoms with E-state index in [0.29, 0.717) is 17.5 Å². The van der Waals surface area contributed by atoms with Gasteiger partial charge in [-0.25, -0.2) is 13.1 Å². The molecule has 0 atom stereocenters. The van der Waals surface area contributed by atoms with Crippen molar-refractivity contribution in [2.75, 3.05) is 13.7 Å². The lowest BCUT2D eigenvalue weighted by atomic mass is 10.2. The van der Waals surface area contributed by atoms with Gasteiger partial charge in [-0.15, -0.1) is 0 Å². The maximum Gasteiger partial charge on any atom is 0.416 e. The fourth-order valence-electron chi connectivity index (χ4n) is 2.32. The molecule has 0 fully saturated rings. The fraction of sp³-hybridized carbons (Fsp3) is 0.312. The molecule has 0 amide bonds. The van der Waals surface area contributed by atoms with Crippen molar-refractivity contribution in [2.45, 2.75) is 24.5 Å². The van der Waals surface area contributed by atoms with Crippen LogP contribution < -0.4 is 15.0 Å².